The summed E-state index contributed by atoms with van der Waals surface area (Å²) in [6, 6.07) is 0.596. The molecule has 2 saturated heterocycles. The van der Waals surface area contributed by atoms with Crippen LogP contribution in [0.2, 0.25) is 0 Å². The zero-order valence-corrected chi connectivity index (χ0v) is 6.34. The smallest absolute Gasteiger partial charge is 0.0867 e. The van der Waals surface area contributed by atoms with Crippen LogP contribution in [-0.4, -0.2) is 50.3 Å². The summed E-state index contributed by atoms with van der Waals surface area (Å²) in [5, 5.41) is 3.44. The number of likely N-dealkylation sites (tertiary alicyclic amines) is 1. The molecule has 1 N–H and O–H groups in total. The first kappa shape index (κ1) is 6.58. The van der Waals surface area contributed by atoms with Crippen LogP contribution in [-0.2, 0) is 4.74 Å². The molecule has 2 atom stereocenters. The summed E-state index contributed by atoms with van der Waals surface area (Å²) in [4.78, 5) is 2.31. The number of rotatable bonds is 0. The van der Waals surface area contributed by atoms with Crippen molar-refractivity contribution in [3.63, 3.8) is 0 Å². The van der Waals surface area contributed by atoms with Gasteiger partial charge in [-0.25, -0.2) is 0 Å². The lowest BCUT2D eigenvalue weighted by Crippen LogP contribution is -2.47. The Morgan fingerprint density at radius 1 is 1.50 bits per heavy atom. The molecule has 2 aliphatic rings. The number of fused-ring (bicyclic) bond motifs is 1. The van der Waals surface area contributed by atoms with E-state index in [-0.39, 0.29) is 0 Å². The number of likely N-dealkylation sites (N-methyl/N-ethyl adjacent to an activating group) is 1. The lowest BCUT2D eigenvalue weighted by Gasteiger charge is -2.25. The van der Waals surface area contributed by atoms with Gasteiger partial charge in [-0.3, -0.25) is 0 Å². The van der Waals surface area contributed by atoms with Gasteiger partial charge in [0.1, 0.15) is 0 Å². The van der Waals surface area contributed by atoms with Crippen molar-refractivity contribution in [1.29, 1.82) is 0 Å². The monoisotopic (exact) mass is 142 g/mol. The van der Waals surface area contributed by atoms with Gasteiger partial charge in [0.15, 0.2) is 0 Å². The van der Waals surface area contributed by atoms with Gasteiger partial charge in [0.25, 0.3) is 0 Å². The van der Waals surface area contributed by atoms with Gasteiger partial charge in [-0.15, -0.1) is 0 Å². The minimum Gasteiger partial charge on any atom is -0.374 e. The van der Waals surface area contributed by atoms with Crippen LogP contribution in [0.4, 0.5) is 0 Å². The summed E-state index contributed by atoms with van der Waals surface area (Å²) < 4.78 is 5.57. The Hall–Kier alpha value is -0.120. The van der Waals surface area contributed by atoms with E-state index in [0.717, 1.165) is 26.2 Å². The highest BCUT2D eigenvalue weighted by Crippen LogP contribution is 2.13. The van der Waals surface area contributed by atoms with E-state index in [1.165, 1.54) is 0 Å². The van der Waals surface area contributed by atoms with Crippen molar-refractivity contribution < 1.29 is 4.74 Å². The van der Waals surface area contributed by atoms with Crippen molar-refractivity contribution >= 4 is 0 Å². The minimum absolute atomic E-state index is 0.457. The fraction of sp³-hybridized carbons (Fsp3) is 1.00. The minimum atomic E-state index is 0.457. The first-order valence-corrected chi connectivity index (χ1v) is 3.90. The third-order valence-electron chi connectivity index (χ3n) is 2.29. The fourth-order valence-corrected chi connectivity index (χ4v) is 1.78. The van der Waals surface area contributed by atoms with Gasteiger partial charge < -0.3 is 15.0 Å². The van der Waals surface area contributed by atoms with E-state index < -0.39 is 0 Å². The zero-order valence-electron chi connectivity index (χ0n) is 6.34. The van der Waals surface area contributed by atoms with E-state index in [1.54, 1.807) is 0 Å². The van der Waals surface area contributed by atoms with E-state index >= 15 is 0 Å². The SMILES string of the molecule is CN1CC2OCCN[C@@H]2C1. The summed E-state index contributed by atoms with van der Waals surface area (Å²) in [5.74, 6) is 0. The molecule has 0 bridgehead atoms. The maximum absolute atomic E-state index is 5.57. The van der Waals surface area contributed by atoms with Crippen molar-refractivity contribution in [3.8, 4) is 0 Å². The molecule has 0 spiro atoms. The molecule has 1 unspecified atom stereocenters. The topological polar surface area (TPSA) is 24.5 Å². The number of morpholine rings is 1. The average molecular weight is 142 g/mol. The first-order chi connectivity index (χ1) is 4.86. The molecule has 2 heterocycles. The molecule has 2 aliphatic heterocycles. The fourth-order valence-electron chi connectivity index (χ4n) is 1.78. The second kappa shape index (κ2) is 2.49. The Morgan fingerprint density at radius 3 is 3.20 bits per heavy atom. The van der Waals surface area contributed by atoms with Gasteiger partial charge in [0, 0.05) is 25.7 Å². The largest absolute Gasteiger partial charge is 0.374 e. The molecule has 58 valence electrons. The average Bonchev–Trinajstić information content (AvgIpc) is 2.27. The predicted molar refractivity (Wildman–Crippen MR) is 39.0 cm³/mol. The standard InChI is InChI=1S/C7H14N2O/c1-9-4-6-7(5-9)10-3-2-8-6/h6-8H,2-5H2,1H3/t6-,7?/m1/s1. The van der Waals surface area contributed by atoms with Crippen molar-refractivity contribution in [2.24, 2.45) is 0 Å². The highest BCUT2D eigenvalue weighted by atomic mass is 16.5. The quantitative estimate of drug-likeness (QED) is 0.483. The van der Waals surface area contributed by atoms with Crippen LogP contribution in [0.5, 0.6) is 0 Å². The van der Waals surface area contributed by atoms with Crippen molar-refractivity contribution in [2.45, 2.75) is 12.1 Å². The Balaban J connectivity index is 1.97. The van der Waals surface area contributed by atoms with Crippen molar-refractivity contribution in [3.05, 3.63) is 0 Å². The molecule has 0 aliphatic carbocycles. The normalized spacial score (nSPS) is 41.7. The highest BCUT2D eigenvalue weighted by molar-refractivity contribution is 4.90. The van der Waals surface area contributed by atoms with E-state index in [2.05, 4.69) is 17.3 Å². The molecule has 3 heteroatoms. The summed E-state index contributed by atoms with van der Waals surface area (Å²) >= 11 is 0. The van der Waals surface area contributed by atoms with Crippen LogP contribution in [0.25, 0.3) is 0 Å². The third kappa shape index (κ3) is 1.05. The van der Waals surface area contributed by atoms with Gasteiger partial charge in [-0.05, 0) is 7.05 Å². The highest BCUT2D eigenvalue weighted by Gasteiger charge is 2.33. The van der Waals surface area contributed by atoms with E-state index in [4.69, 9.17) is 4.74 Å². The Morgan fingerprint density at radius 2 is 2.40 bits per heavy atom. The van der Waals surface area contributed by atoms with Crippen LogP contribution < -0.4 is 5.32 Å². The molecule has 0 aromatic rings. The molecule has 2 rings (SSSR count). The molecular formula is C7H14N2O. The summed E-state index contributed by atoms with van der Waals surface area (Å²) in [6.45, 7) is 4.15. The van der Waals surface area contributed by atoms with Crippen LogP contribution in [0.3, 0.4) is 0 Å². The summed E-state index contributed by atoms with van der Waals surface area (Å²) in [5.41, 5.74) is 0. The molecule has 10 heavy (non-hydrogen) atoms. The molecule has 0 saturated carbocycles. The van der Waals surface area contributed by atoms with Crippen LogP contribution in [0, 0.1) is 0 Å². The van der Waals surface area contributed by atoms with Gasteiger partial charge >= 0.3 is 0 Å². The Bertz CT molecular complexity index is 115. The van der Waals surface area contributed by atoms with Gasteiger partial charge in [-0.1, -0.05) is 0 Å². The van der Waals surface area contributed by atoms with Gasteiger partial charge in [0.2, 0.25) is 0 Å². The zero-order chi connectivity index (χ0) is 6.97. The van der Waals surface area contributed by atoms with E-state index in [1.807, 2.05) is 0 Å². The van der Waals surface area contributed by atoms with Crippen molar-refractivity contribution in [2.75, 3.05) is 33.3 Å². The lowest BCUT2D eigenvalue weighted by molar-refractivity contribution is 0.0184. The van der Waals surface area contributed by atoms with E-state index in [9.17, 15) is 0 Å². The molecule has 3 nitrogen and oxygen atoms in total. The van der Waals surface area contributed by atoms with Crippen LogP contribution in [0.15, 0.2) is 0 Å². The predicted octanol–water partition coefficient (Wildman–Crippen LogP) is -0.711. The van der Waals surface area contributed by atoms with Crippen molar-refractivity contribution in [1.82, 2.24) is 10.2 Å². The van der Waals surface area contributed by atoms with Gasteiger partial charge in [0.05, 0.1) is 12.7 Å². The second-order valence-corrected chi connectivity index (χ2v) is 3.19. The Labute approximate surface area is 61.3 Å². The maximum Gasteiger partial charge on any atom is 0.0867 e. The lowest BCUT2D eigenvalue weighted by atomic mass is 10.2. The number of ether oxygens (including phenoxy) is 1. The third-order valence-corrected chi connectivity index (χ3v) is 2.29. The van der Waals surface area contributed by atoms with E-state index in [0.29, 0.717) is 12.1 Å². The molecule has 0 radical (unpaired) electrons. The van der Waals surface area contributed by atoms with Crippen LogP contribution >= 0.6 is 0 Å². The molecule has 2 fully saturated rings. The number of nitrogens with zero attached hydrogens (tertiary/aromatic N) is 1. The molecular weight excluding hydrogens is 128 g/mol. The first-order valence-electron chi connectivity index (χ1n) is 3.90. The Kier molecular flexibility index (Phi) is 1.64. The number of hydrogen-bond donors (Lipinski definition) is 1. The molecule has 0 aromatic carbocycles. The summed E-state index contributed by atoms with van der Waals surface area (Å²) in [6.07, 6.45) is 0.457. The second-order valence-electron chi connectivity index (χ2n) is 3.19. The molecule has 0 aromatic heterocycles. The number of nitrogens with one attached hydrogen (secondary N) is 1. The number of hydrogen-bond acceptors (Lipinski definition) is 3. The maximum atomic E-state index is 5.57. The summed E-state index contributed by atoms with van der Waals surface area (Å²) in [7, 11) is 2.14. The van der Waals surface area contributed by atoms with Gasteiger partial charge in [-0.2, -0.15) is 0 Å². The van der Waals surface area contributed by atoms with Crippen LogP contribution in [0.1, 0.15) is 0 Å². The molecule has 0 amide bonds.